The minimum Gasteiger partial charge on any atom is -0.314 e. The number of hydrogen-bond acceptors (Lipinski definition) is 1. The maximum atomic E-state index is 12.3. The molecule has 2 rings (SSSR count). The van der Waals surface area contributed by atoms with Crippen LogP contribution in [0.3, 0.4) is 0 Å². The molecule has 1 unspecified atom stereocenters. The quantitative estimate of drug-likeness (QED) is 0.708. The second-order valence-electron chi connectivity index (χ2n) is 5.03. The fraction of sp³-hybridized carbons (Fsp3) is 0.500. The number of carbonyl (C=O) groups is 1. The van der Waals surface area contributed by atoms with E-state index < -0.39 is 0 Å². The lowest BCUT2D eigenvalue weighted by Crippen LogP contribution is -2.35. The summed E-state index contributed by atoms with van der Waals surface area (Å²) in [5.74, 6) is 0.221. The van der Waals surface area contributed by atoms with Crippen molar-refractivity contribution in [3.8, 4) is 0 Å². The maximum absolute atomic E-state index is 12.3. The molecule has 1 amide bonds. The number of nitrogens with zero attached hydrogens (tertiary/aromatic N) is 1. The minimum atomic E-state index is -0.331. The van der Waals surface area contributed by atoms with E-state index >= 15 is 0 Å². The first kappa shape index (κ1) is 11.2. The van der Waals surface area contributed by atoms with Crippen molar-refractivity contribution in [3.63, 3.8) is 0 Å². The first-order valence-corrected chi connectivity index (χ1v) is 5.81. The molecule has 0 saturated heterocycles. The van der Waals surface area contributed by atoms with Gasteiger partial charge in [-0.05, 0) is 49.9 Å². The van der Waals surface area contributed by atoms with Crippen molar-refractivity contribution in [2.75, 3.05) is 11.9 Å². The lowest BCUT2D eigenvalue weighted by Gasteiger charge is -2.22. The van der Waals surface area contributed by atoms with E-state index in [9.17, 15) is 4.79 Å². The molecule has 1 aliphatic rings. The molecule has 0 aliphatic carbocycles. The Morgan fingerprint density at radius 1 is 1.31 bits per heavy atom. The first-order valence-electron chi connectivity index (χ1n) is 5.81. The number of fused-ring (bicyclic) bond motifs is 1. The molecule has 0 radical (unpaired) electrons. The Kier molecular flexibility index (Phi) is 2.33. The Morgan fingerprint density at radius 2 is 1.94 bits per heavy atom. The number of amides is 1. The van der Waals surface area contributed by atoms with Gasteiger partial charge in [0.15, 0.2) is 0 Å². The van der Waals surface area contributed by atoms with Crippen LogP contribution < -0.4 is 4.90 Å². The van der Waals surface area contributed by atoms with Crippen molar-refractivity contribution in [1.29, 1.82) is 0 Å². The van der Waals surface area contributed by atoms with Crippen LogP contribution in [0.5, 0.6) is 0 Å². The van der Waals surface area contributed by atoms with Gasteiger partial charge in [-0.3, -0.25) is 4.79 Å². The zero-order valence-electron chi connectivity index (χ0n) is 10.7. The van der Waals surface area contributed by atoms with Crippen LogP contribution >= 0.6 is 0 Å². The zero-order chi connectivity index (χ0) is 12.1. The monoisotopic (exact) mass is 217 g/mol. The molecular weight excluding hydrogens is 198 g/mol. The predicted octanol–water partition coefficient (Wildman–Crippen LogP) is 2.95. The van der Waals surface area contributed by atoms with Crippen LogP contribution in [-0.4, -0.2) is 13.0 Å². The van der Waals surface area contributed by atoms with Gasteiger partial charge in [-0.25, -0.2) is 0 Å². The summed E-state index contributed by atoms with van der Waals surface area (Å²) in [6.45, 7) is 8.32. The Hall–Kier alpha value is -1.31. The molecule has 1 aromatic carbocycles. The van der Waals surface area contributed by atoms with Gasteiger partial charge in [-0.1, -0.05) is 13.0 Å². The van der Waals surface area contributed by atoms with Crippen LogP contribution in [0.1, 0.15) is 37.0 Å². The number of carbonyl (C=O) groups excluding carboxylic acids is 1. The summed E-state index contributed by atoms with van der Waals surface area (Å²) in [6.07, 6.45) is 0.854. The molecule has 0 bridgehead atoms. The van der Waals surface area contributed by atoms with Gasteiger partial charge in [-0.15, -0.1) is 0 Å². The van der Waals surface area contributed by atoms with Crippen LogP contribution in [0, 0.1) is 13.8 Å². The van der Waals surface area contributed by atoms with Gasteiger partial charge in [0.05, 0.1) is 5.41 Å². The normalized spacial score (nSPS) is 23.8. The molecule has 0 saturated carbocycles. The van der Waals surface area contributed by atoms with Gasteiger partial charge in [-0.2, -0.15) is 0 Å². The molecule has 1 aliphatic heterocycles. The van der Waals surface area contributed by atoms with Crippen molar-refractivity contribution in [2.24, 2.45) is 0 Å². The number of hydrogen-bond donors (Lipinski definition) is 0. The highest BCUT2D eigenvalue weighted by atomic mass is 16.2. The van der Waals surface area contributed by atoms with Gasteiger partial charge in [0.2, 0.25) is 5.91 Å². The molecule has 1 aromatic rings. The van der Waals surface area contributed by atoms with Crippen molar-refractivity contribution in [2.45, 2.75) is 39.5 Å². The van der Waals surface area contributed by atoms with Crippen molar-refractivity contribution < 1.29 is 4.79 Å². The fourth-order valence-corrected chi connectivity index (χ4v) is 2.84. The van der Waals surface area contributed by atoms with Gasteiger partial charge >= 0.3 is 0 Å². The summed E-state index contributed by atoms with van der Waals surface area (Å²) in [4.78, 5) is 14.1. The highest BCUT2D eigenvalue weighted by Gasteiger charge is 2.45. The SMILES string of the molecule is CCC1(C)C(=O)N(C)c2cc(C)cc(C)c21. The fourth-order valence-electron chi connectivity index (χ4n) is 2.84. The lowest BCUT2D eigenvalue weighted by atomic mass is 9.79. The molecule has 16 heavy (non-hydrogen) atoms. The van der Waals surface area contributed by atoms with E-state index in [1.807, 2.05) is 7.05 Å². The third-order valence-corrected chi connectivity index (χ3v) is 3.86. The number of aryl methyl sites for hydroxylation is 2. The maximum Gasteiger partial charge on any atom is 0.237 e. The van der Waals surface area contributed by atoms with Gasteiger partial charge in [0.25, 0.3) is 0 Å². The number of anilines is 1. The molecule has 0 fully saturated rings. The van der Waals surface area contributed by atoms with E-state index in [-0.39, 0.29) is 11.3 Å². The standard InChI is InChI=1S/C14H19NO/c1-6-14(4)12-10(3)7-9(2)8-11(12)15(5)13(14)16/h7-8H,6H2,1-5H3. The van der Waals surface area contributed by atoms with Crippen LogP contribution in [0.4, 0.5) is 5.69 Å². The molecule has 86 valence electrons. The Balaban J connectivity index is 2.75. The van der Waals surface area contributed by atoms with E-state index in [1.165, 1.54) is 16.7 Å². The molecule has 1 heterocycles. The van der Waals surface area contributed by atoms with Gasteiger partial charge < -0.3 is 4.90 Å². The van der Waals surface area contributed by atoms with Crippen molar-refractivity contribution >= 4 is 11.6 Å². The smallest absolute Gasteiger partial charge is 0.237 e. The second-order valence-corrected chi connectivity index (χ2v) is 5.03. The van der Waals surface area contributed by atoms with Crippen LogP contribution in [0.15, 0.2) is 12.1 Å². The minimum absolute atomic E-state index is 0.221. The van der Waals surface area contributed by atoms with Crippen LogP contribution in [0.2, 0.25) is 0 Å². The molecule has 2 nitrogen and oxygen atoms in total. The van der Waals surface area contributed by atoms with E-state index in [4.69, 9.17) is 0 Å². The molecule has 1 atom stereocenters. The Bertz CT molecular complexity index is 464. The topological polar surface area (TPSA) is 20.3 Å². The van der Waals surface area contributed by atoms with Crippen LogP contribution in [-0.2, 0) is 10.2 Å². The first-order chi connectivity index (χ1) is 7.41. The highest BCUT2D eigenvalue weighted by molar-refractivity contribution is 6.08. The summed E-state index contributed by atoms with van der Waals surface area (Å²) in [7, 11) is 1.88. The Morgan fingerprint density at radius 3 is 2.50 bits per heavy atom. The lowest BCUT2D eigenvalue weighted by molar-refractivity contribution is -0.122. The third kappa shape index (κ3) is 1.22. The summed E-state index contributed by atoms with van der Waals surface area (Å²) < 4.78 is 0. The van der Waals surface area contributed by atoms with E-state index in [1.54, 1.807) is 4.90 Å². The van der Waals surface area contributed by atoms with E-state index in [2.05, 4.69) is 39.8 Å². The van der Waals surface area contributed by atoms with Crippen LogP contribution in [0.25, 0.3) is 0 Å². The summed E-state index contributed by atoms with van der Waals surface area (Å²) in [5, 5.41) is 0. The summed E-state index contributed by atoms with van der Waals surface area (Å²) >= 11 is 0. The average molecular weight is 217 g/mol. The summed E-state index contributed by atoms with van der Waals surface area (Å²) in [5.41, 5.74) is 4.43. The number of benzene rings is 1. The van der Waals surface area contributed by atoms with Gasteiger partial charge in [0.1, 0.15) is 0 Å². The van der Waals surface area contributed by atoms with E-state index in [0.717, 1.165) is 12.1 Å². The molecular formula is C14H19NO. The van der Waals surface area contributed by atoms with Crippen molar-refractivity contribution in [1.82, 2.24) is 0 Å². The predicted molar refractivity (Wildman–Crippen MR) is 67.0 cm³/mol. The second kappa shape index (κ2) is 3.34. The highest BCUT2D eigenvalue weighted by Crippen LogP contribution is 2.45. The van der Waals surface area contributed by atoms with Gasteiger partial charge in [0, 0.05) is 12.7 Å². The molecule has 0 N–H and O–H groups in total. The summed E-state index contributed by atoms with van der Waals surface area (Å²) in [6, 6.07) is 4.28. The third-order valence-electron chi connectivity index (χ3n) is 3.86. The largest absolute Gasteiger partial charge is 0.314 e. The number of likely N-dealkylation sites (N-methyl/N-ethyl adjacent to an activating group) is 1. The zero-order valence-corrected chi connectivity index (χ0v) is 10.7. The van der Waals surface area contributed by atoms with E-state index in [0.29, 0.717) is 0 Å². The molecule has 0 aromatic heterocycles. The molecule has 2 heteroatoms. The van der Waals surface area contributed by atoms with Crippen molar-refractivity contribution in [3.05, 3.63) is 28.8 Å². The number of rotatable bonds is 1. The Labute approximate surface area is 97.3 Å². The molecule has 0 spiro atoms. The average Bonchev–Trinajstić information content (AvgIpc) is 2.42.